The van der Waals surface area contributed by atoms with Crippen LogP contribution in [0.2, 0.25) is 5.02 Å². The molecule has 0 radical (unpaired) electrons. The predicted molar refractivity (Wildman–Crippen MR) is 163 cm³/mol. The topological polar surface area (TPSA) is 75.1 Å². The van der Waals surface area contributed by atoms with Crippen molar-refractivity contribution in [3.05, 3.63) is 82.9 Å². The molecule has 218 valence electrons. The Balaban J connectivity index is 1.13. The van der Waals surface area contributed by atoms with Crippen molar-refractivity contribution in [3.63, 3.8) is 0 Å². The molecule has 1 unspecified atom stereocenters. The number of benzene rings is 2. The van der Waals surface area contributed by atoms with Crippen molar-refractivity contribution in [3.8, 4) is 0 Å². The molecule has 2 atom stereocenters. The summed E-state index contributed by atoms with van der Waals surface area (Å²) in [4.78, 5) is 20.4. The molecule has 2 aromatic carbocycles. The maximum atomic E-state index is 13.6. The Kier molecular flexibility index (Phi) is 9.04. The van der Waals surface area contributed by atoms with E-state index in [9.17, 15) is 4.79 Å². The first-order valence-electron chi connectivity index (χ1n) is 15.5. The Labute approximate surface area is 249 Å². The quantitative estimate of drug-likeness (QED) is 0.375. The van der Waals surface area contributed by atoms with Gasteiger partial charge in [-0.25, -0.2) is 4.98 Å². The Bertz CT molecular complexity index is 1270. The molecule has 2 fully saturated rings. The van der Waals surface area contributed by atoms with Crippen molar-refractivity contribution in [2.24, 2.45) is 11.3 Å². The highest BCUT2D eigenvalue weighted by Crippen LogP contribution is 2.47. The van der Waals surface area contributed by atoms with Crippen LogP contribution in [0.5, 0.6) is 0 Å². The average molecular weight is 575 g/mol. The molecule has 1 saturated carbocycles. The van der Waals surface area contributed by atoms with E-state index in [4.69, 9.17) is 11.6 Å². The van der Waals surface area contributed by atoms with E-state index >= 15 is 0 Å². The minimum atomic E-state index is -0.208. The molecule has 0 spiro atoms. The SMILES string of the molecule is O=C(N[C@@H](Cc1ccc(Cl)cc1)CN1CCC(Cn2cncn2)(C2CCCCC2)CC1)C1Cc2ccccc2CN1. The number of likely N-dealkylation sites (tertiary alicyclic amines) is 1. The van der Waals surface area contributed by atoms with E-state index in [1.165, 1.54) is 61.6 Å². The first-order valence-corrected chi connectivity index (χ1v) is 15.8. The number of aromatic nitrogens is 3. The van der Waals surface area contributed by atoms with Crippen molar-refractivity contribution in [2.45, 2.75) is 83.0 Å². The van der Waals surface area contributed by atoms with E-state index in [1.807, 2.05) is 18.5 Å². The molecule has 2 N–H and O–H groups in total. The summed E-state index contributed by atoms with van der Waals surface area (Å²) in [7, 11) is 0. The fraction of sp³-hybridized carbons (Fsp3) is 0.545. The van der Waals surface area contributed by atoms with Crippen LogP contribution >= 0.6 is 11.6 Å². The molecule has 1 saturated heterocycles. The summed E-state index contributed by atoms with van der Waals surface area (Å²) in [6.07, 6.45) is 14.1. The monoisotopic (exact) mass is 574 g/mol. The summed E-state index contributed by atoms with van der Waals surface area (Å²) in [6.45, 7) is 4.64. The number of nitrogens with one attached hydrogen (secondary N) is 2. The lowest BCUT2D eigenvalue weighted by Gasteiger charge is -2.48. The maximum Gasteiger partial charge on any atom is 0.237 e. The number of carbonyl (C=O) groups is 1. The summed E-state index contributed by atoms with van der Waals surface area (Å²) in [5, 5.41) is 12.1. The van der Waals surface area contributed by atoms with Gasteiger partial charge in [-0.2, -0.15) is 5.10 Å². The van der Waals surface area contributed by atoms with Crippen molar-refractivity contribution in [2.75, 3.05) is 19.6 Å². The van der Waals surface area contributed by atoms with E-state index in [-0.39, 0.29) is 23.4 Å². The molecule has 7 nitrogen and oxygen atoms in total. The maximum absolute atomic E-state index is 13.6. The van der Waals surface area contributed by atoms with Crippen LogP contribution in [0.25, 0.3) is 0 Å². The van der Waals surface area contributed by atoms with Crippen molar-refractivity contribution < 1.29 is 4.79 Å². The third-order valence-corrected chi connectivity index (χ3v) is 10.1. The number of hydrogen-bond acceptors (Lipinski definition) is 5. The molecular weight excluding hydrogens is 532 g/mol. The lowest BCUT2D eigenvalue weighted by molar-refractivity contribution is -0.124. The summed E-state index contributed by atoms with van der Waals surface area (Å²) in [5.41, 5.74) is 4.03. The van der Waals surface area contributed by atoms with Crippen LogP contribution in [0.15, 0.2) is 61.2 Å². The number of piperidine rings is 1. The molecule has 3 heterocycles. The van der Waals surface area contributed by atoms with Crippen LogP contribution in [0.3, 0.4) is 0 Å². The van der Waals surface area contributed by atoms with Gasteiger partial charge in [0.15, 0.2) is 0 Å². The number of hydrogen-bond donors (Lipinski definition) is 2. The first kappa shape index (κ1) is 28.4. The average Bonchev–Trinajstić information content (AvgIpc) is 3.52. The highest BCUT2D eigenvalue weighted by Gasteiger charge is 2.42. The summed E-state index contributed by atoms with van der Waals surface area (Å²) < 4.78 is 2.06. The molecule has 2 aliphatic heterocycles. The van der Waals surface area contributed by atoms with Gasteiger partial charge in [-0.3, -0.25) is 9.48 Å². The molecule has 1 aliphatic carbocycles. The standard InChI is InChI=1S/C33H43ClN6O/c34-29-12-10-25(11-13-29)18-30(38-32(41)31-19-26-6-4-5-7-27(26)20-36-31)21-39-16-14-33(15-17-39,22-40-24-35-23-37-40)28-8-2-1-3-9-28/h4-7,10-13,23-24,28,30-31,36H,1-3,8-9,14-22H2,(H,38,41)/t30-,31?/m0/s1. The summed E-state index contributed by atoms with van der Waals surface area (Å²) in [6, 6.07) is 16.3. The Morgan fingerprint density at radius 3 is 2.54 bits per heavy atom. The molecule has 6 rings (SSSR count). The van der Waals surface area contributed by atoms with Gasteiger partial charge in [-0.1, -0.05) is 67.3 Å². The lowest BCUT2D eigenvalue weighted by atomic mass is 9.63. The highest BCUT2D eigenvalue weighted by molar-refractivity contribution is 6.30. The zero-order chi connectivity index (χ0) is 28.1. The number of rotatable bonds is 9. The van der Waals surface area contributed by atoms with Crippen LogP contribution < -0.4 is 10.6 Å². The predicted octanol–water partition coefficient (Wildman–Crippen LogP) is 5.04. The van der Waals surface area contributed by atoms with Gasteiger partial charge in [-0.05, 0) is 91.8 Å². The Morgan fingerprint density at radius 1 is 1.05 bits per heavy atom. The van der Waals surface area contributed by atoms with E-state index < -0.39 is 0 Å². The van der Waals surface area contributed by atoms with Crippen molar-refractivity contribution in [1.29, 1.82) is 0 Å². The van der Waals surface area contributed by atoms with Crippen LogP contribution in [0, 0.1) is 11.3 Å². The van der Waals surface area contributed by atoms with Gasteiger partial charge in [0.25, 0.3) is 0 Å². The zero-order valence-electron chi connectivity index (χ0n) is 24.0. The van der Waals surface area contributed by atoms with Crippen molar-refractivity contribution in [1.82, 2.24) is 30.3 Å². The second kappa shape index (κ2) is 13.1. The van der Waals surface area contributed by atoms with E-state index in [2.05, 4.69) is 66.7 Å². The van der Waals surface area contributed by atoms with Crippen molar-refractivity contribution >= 4 is 17.5 Å². The van der Waals surface area contributed by atoms with Gasteiger partial charge in [0.1, 0.15) is 12.7 Å². The van der Waals surface area contributed by atoms with Gasteiger partial charge >= 0.3 is 0 Å². The third kappa shape index (κ3) is 7.02. The molecular formula is C33H43ClN6O. The summed E-state index contributed by atoms with van der Waals surface area (Å²) >= 11 is 6.18. The first-order chi connectivity index (χ1) is 20.1. The molecule has 1 aromatic heterocycles. The number of fused-ring (bicyclic) bond motifs is 1. The lowest BCUT2D eigenvalue weighted by Crippen LogP contribution is -2.55. The van der Waals surface area contributed by atoms with Gasteiger partial charge in [0.05, 0.1) is 6.04 Å². The fourth-order valence-electron chi connectivity index (χ4n) is 7.55. The molecule has 3 aliphatic rings. The minimum absolute atomic E-state index is 0.0279. The van der Waals surface area contributed by atoms with E-state index in [0.717, 1.165) is 56.5 Å². The van der Waals surface area contributed by atoms with Crippen LogP contribution in [0.4, 0.5) is 0 Å². The minimum Gasteiger partial charge on any atom is -0.350 e. The Hall–Kier alpha value is -2.74. The van der Waals surface area contributed by atoms with Gasteiger partial charge in [-0.15, -0.1) is 0 Å². The van der Waals surface area contributed by atoms with Crippen LogP contribution in [-0.4, -0.2) is 57.3 Å². The highest BCUT2D eigenvalue weighted by atomic mass is 35.5. The second-order valence-electron chi connectivity index (χ2n) is 12.5. The molecule has 3 aromatic rings. The number of amides is 1. The van der Waals surface area contributed by atoms with Crippen LogP contribution in [-0.2, 0) is 30.7 Å². The Morgan fingerprint density at radius 2 is 1.80 bits per heavy atom. The molecule has 0 bridgehead atoms. The number of carbonyl (C=O) groups excluding carboxylic acids is 1. The van der Waals surface area contributed by atoms with Gasteiger partial charge < -0.3 is 15.5 Å². The smallest absolute Gasteiger partial charge is 0.237 e. The van der Waals surface area contributed by atoms with Gasteiger partial charge in [0, 0.05) is 30.7 Å². The van der Waals surface area contributed by atoms with Gasteiger partial charge in [0.2, 0.25) is 5.91 Å². The van der Waals surface area contributed by atoms with E-state index in [0.29, 0.717) is 0 Å². The largest absolute Gasteiger partial charge is 0.350 e. The molecule has 8 heteroatoms. The fourth-order valence-corrected chi connectivity index (χ4v) is 7.67. The van der Waals surface area contributed by atoms with E-state index in [1.54, 1.807) is 6.33 Å². The summed E-state index contributed by atoms with van der Waals surface area (Å²) in [5.74, 6) is 0.852. The number of nitrogens with zero attached hydrogens (tertiary/aromatic N) is 4. The molecule has 1 amide bonds. The zero-order valence-corrected chi connectivity index (χ0v) is 24.7. The number of halogens is 1. The van der Waals surface area contributed by atoms with Crippen LogP contribution in [0.1, 0.15) is 61.6 Å². The normalized spacial score (nSPS) is 22.1. The third-order valence-electron chi connectivity index (χ3n) is 9.88. The second-order valence-corrected chi connectivity index (χ2v) is 13.0. The molecule has 41 heavy (non-hydrogen) atoms.